The highest BCUT2D eigenvalue weighted by Crippen LogP contribution is 2.47. The molecule has 1 aromatic rings. The normalized spacial score (nSPS) is 20.3. The van der Waals surface area contributed by atoms with E-state index in [1.807, 2.05) is 7.05 Å². The fourth-order valence-electron chi connectivity index (χ4n) is 4.01. The van der Waals surface area contributed by atoms with Gasteiger partial charge in [-0.15, -0.1) is 0 Å². The van der Waals surface area contributed by atoms with Crippen LogP contribution in [0.25, 0.3) is 0 Å². The average Bonchev–Trinajstić information content (AvgIpc) is 3.16. The van der Waals surface area contributed by atoms with Gasteiger partial charge in [-0.05, 0) is 37.5 Å². The predicted molar refractivity (Wildman–Crippen MR) is 92.5 cm³/mol. The van der Waals surface area contributed by atoms with Crippen molar-refractivity contribution in [3.8, 4) is 0 Å². The molecule has 1 aliphatic heterocycles. The van der Waals surface area contributed by atoms with Crippen LogP contribution in [0.15, 0.2) is 15.6 Å². The first kappa shape index (κ1) is 16.3. The Morgan fingerprint density at radius 2 is 2.17 bits per heavy atom. The van der Waals surface area contributed by atoms with Gasteiger partial charge in [0.25, 0.3) is 0 Å². The van der Waals surface area contributed by atoms with Crippen LogP contribution in [0, 0.1) is 5.41 Å². The Morgan fingerprint density at radius 1 is 1.39 bits per heavy atom. The molecule has 0 aromatic carbocycles. The maximum absolute atomic E-state index is 5.49. The van der Waals surface area contributed by atoms with E-state index < -0.39 is 0 Å². The van der Waals surface area contributed by atoms with Crippen LogP contribution in [0.5, 0.6) is 0 Å². The van der Waals surface area contributed by atoms with Crippen LogP contribution in [-0.2, 0) is 6.54 Å². The van der Waals surface area contributed by atoms with Gasteiger partial charge in [-0.3, -0.25) is 4.99 Å². The molecule has 23 heavy (non-hydrogen) atoms. The Bertz CT molecular complexity index is 543. The van der Waals surface area contributed by atoms with Gasteiger partial charge >= 0.3 is 0 Å². The van der Waals surface area contributed by atoms with E-state index in [2.05, 4.69) is 40.3 Å². The molecule has 5 nitrogen and oxygen atoms in total. The number of hydrogen-bond acceptors (Lipinski definition) is 3. The van der Waals surface area contributed by atoms with Crippen LogP contribution in [0.2, 0.25) is 0 Å². The van der Waals surface area contributed by atoms with E-state index in [4.69, 9.17) is 4.52 Å². The van der Waals surface area contributed by atoms with Crippen molar-refractivity contribution in [2.45, 2.75) is 64.8 Å². The minimum atomic E-state index is 0.504. The fourth-order valence-corrected chi connectivity index (χ4v) is 4.01. The van der Waals surface area contributed by atoms with E-state index in [0.29, 0.717) is 17.9 Å². The highest BCUT2D eigenvalue weighted by molar-refractivity contribution is 5.80. The first-order valence-corrected chi connectivity index (χ1v) is 9.11. The van der Waals surface area contributed by atoms with Crippen molar-refractivity contribution in [1.29, 1.82) is 0 Å². The Morgan fingerprint density at radius 3 is 2.74 bits per heavy atom. The highest BCUT2D eigenvalue weighted by Gasteiger charge is 2.43. The third-order valence-electron chi connectivity index (χ3n) is 5.77. The summed E-state index contributed by atoms with van der Waals surface area (Å²) in [6.45, 7) is 7.33. The number of guanidine groups is 1. The molecule has 1 saturated heterocycles. The van der Waals surface area contributed by atoms with Crippen molar-refractivity contribution in [3.05, 3.63) is 17.5 Å². The minimum absolute atomic E-state index is 0.504. The Balaban J connectivity index is 1.54. The molecule has 0 bridgehead atoms. The van der Waals surface area contributed by atoms with Crippen molar-refractivity contribution in [3.63, 3.8) is 0 Å². The molecule has 2 aliphatic rings. The average molecular weight is 318 g/mol. The summed E-state index contributed by atoms with van der Waals surface area (Å²) in [5.41, 5.74) is 1.67. The summed E-state index contributed by atoms with van der Waals surface area (Å²) in [5, 5.41) is 7.68. The van der Waals surface area contributed by atoms with E-state index in [9.17, 15) is 0 Å². The van der Waals surface area contributed by atoms with Crippen molar-refractivity contribution < 1.29 is 4.52 Å². The lowest BCUT2D eigenvalue weighted by molar-refractivity contribution is 0.151. The summed E-state index contributed by atoms with van der Waals surface area (Å²) >= 11 is 0. The lowest BCUT2D eigenvalue weighted by Crippen LogP contribution is -2.42. The number of likely N-dealkylation sites (tertiary alicyclic amines) is 1. The molecule has 0 radical (unpaired) electrons. The minimum Gasteiger partial charge on any atom is -0.359 e. The van der Waals surface area contributed by atoms with Crippen molar-refractivity contribution in [1.82, 2.24) is 15.4 Å². The summed E-state index contributed by atoms with van der Waals surface area (Å²) in [6.07, 6.45) is 7.70. The molecule has 1 saturated carbocycles. The Labute approximate surface area is 139 Å². The van der Waals surface area contributed by atoms with Gasteiger partial charge in [0.15, 0.2) is 11.7 Å². The molecule has 128 valence electrons. The number of nitrogens with one attached hydrogen (secondary N) is 1. The smallest absolute Gasteiger partial charge is 0.194 e. The third kappa shape index (κ3) is 3.38. The van der Waals surface area contributed by atoms with E-state index in [1.165, 1.54) is 25.7 Å². The molecule has 1 aromatic heterocycles. The van der Waals surface area contributed by atoms with E-state index in [0.717, 1.165) is 43.3 Å². The van der Waals surface area contributed by atoms with E-state index in [1.54, 1.807) is 0 Å². The van der Waals surface area contributed by atoms with Crippen molar-refractivity contribution in [2.75, 3.05) is 20.1 Å². The largest absolute Gasteiger partial charge is 0.359 e. The van der Waals surface area contributed by atoms with Gasteiger partial charge in [0.2, 0.25) is 0 Å². The lowest BCUT2D eigenvalue weighted by atomic mass is 9.68. The summed E-state index contributed by atoms with van der Waals surface area (Å²) in [7, 11) is 1.87. The number of nitrogens with zero attached hydrogens (tertiary/aromatic N) is 3. The monoisotopic (exact) mass is 318 g/mol. The topological polar surface area (TPSA) is 53.7 Å². The summed E-state index contributed by atoms with van der Waals surface area (Å²) in [5.74, 6) is 2.39. The van der Waals surface area contributed by atoms with Gasteiger partial charge in [0, 0.05) is 32.1 Å². The molecule has 2 fully saturated rings. The summed E-state index contributed by atoms with van der Waals surface area (Å²) in [4.78, 5) is 6.85. The molecule has 5 heteroatoms. The Kier molecular flexibility index (Phi) is 4.93. The predicted octanol–water partition coefficient (Wildman–Crippen LogP) is 3.53. The maximum Gasteiger partial charge on any atom is 0.194 e. The number of aromatic nitrogens is 1. The number of hydrogen-bond donors (Lipinski definition) is 1. The van der Waals surface area contributed by atoms with Gasteiger partial charge in [0.1, 0.15) is 0 Å². The third-order valence-corrected chi connectivity index (χ3v) is 5.77. The van der Waals surface area contributed by atoms with E-state index >= 15 is 0 Å². The number of aliphatic imine (C=N–C) groups is 1. The molecular formula is C18H30N4O. The fraction of sp³-hybridized carbons (Fsp3) is 0.778. The van der Waals surface area contributed by atoms with Crippen LogP contribution >= 0.6 is 0 Å². The SMILES string of the molecule is CCC(CC)c1cc(CNC(=NC)N2CCC3(CCC3)C2)on1. The van der Waals surface area contributed by atoms with Gasteiger partial charge in [-0.25, -0.2) is 0 Å². The Hall–Kier alpha value is -1.52. The second kappa shape index (κ2) is 6.93. The van der Waals surface area contributed by atoms with Gasteiger partial charge < -0.3 is 14.7 Å². The van der Waals surface area contributed by atoms with Crippen LogP contribution < -0.4 is 5.32 Å². The van der Waals surface area contributed by atoms with Gasteiger partial charge in [0.05, 0.1) is 12.2 Å². The molecular weight excluding hydrogens is 288 g/mol. The van der Waals surface area contributed by atoms with Crippen LogP contribution in [0.3, 0.4) is 0 Å². The van der Waals surface area contributed by atoms with Crippen molar-refractivity contribution in [2.24, 2.45) is 10.4 Å². The van der Waals surface area contributed by atoms with Crippen molar-refractivity contribution >= 4 is 5.96 Å². The first-order valence-electron chi connectivity index (χ1n) is 9.11. The molecule has 2 heterocycles. The van der Waals surface area contributed by atoms with Gasteiger partial charge in [-0.2, -0.15) is 0 Å². The second-order valence-electron chi connectivity index (χ2n) is 7.16. The summed E-state index contributed by atoms with van der Waals surface area (Å²) in [6, 6.07) is 2.09. The molecule has 0 unspecified atom stereocenters. The molecule has 0 amide bonds. The molecule has 3 rings (SSSR count). The summed E-state index contributed by atoms with van der Waals surface area (Å²) < 4.78 is 5.49. The molecule has 1 N–H and O–H groups in total. The van der Waals surface area contributed by atoms with Crippen LogP contribution in [0.1, 0.15) is 69.7 Å². The zero-order chi connectivity index (χ0) is 16.3. The second-order valence-corrected chi connectivity index (χ2v) is 7.16. The van der Waals surface area contributed by atoms with Crippen LogP contribution in [0.4, 0.5) is 0 Å². The zero-order valence-electron chi connectivity index (χ0n) is 14.8. The zero-order valence-corrected chi connectivity index (χ0v) is 14.8. The standard InChI is InChI=1S/C18H30N4O/c1-4-14(5-2)16-11-15(23-21-16)12-20-17(19-3)22-10-9-18(13-22)7-6-8-18/h11,14H,4-10,12-13H2,1-3H3,(H,19,20). The first-order chi connectivity index (χ1) is 11.2. The van der Waals surface area contributed by atoms with Gasteiger partial charge in [-0.1, -0.05) is 25.4 Å². The molecule has 1 spiro atoms. The van der Waals surface area contributed by atoms with E-state index in [-0.39, 0.29) is 0 Å². The lowest BCUT2D eigenvalue weighted by Gasteiger charge is -2.38. The molecule has 0 atom stereocenters. The highest BCUT2D eigenvalue weighted by atomic mass is 16.5. The van der Waals surface area contributed by atoms with Crippen LogP contribution in [-0.4, -0.2) is 36.2 Å². The quantitative estimate of drug-likeness (QED) is 0.666. The maximum atomic E-state index is 5.49. The number of rotatable bonds is 5. The molecule has 1 aliphatic carbocycles.